The van der Waals surface area contributed by atoms with Crippen LogP contribution < -0.4 is 5.32 Å². The molecule has 108 valence electrons. The van der Waals surface area contributed by atoms with Crippen LogP contribution >= 0.6 is 15.9 Å². The Balaban J connectivity index is 2.08. The number of carbonyl (C=O) groups is 2. The standard InChI is InChI=1S/C14H17BrN2O3/c15-11-7-10(13(18)19)8-12(9-11)16-14(20)17-5-3-1-2-4-6-17/h7-9H,1-6H2,(H,16,20)(H,18,19). The van der Waals surface area contributed by atoms with Crippen LogP contribution in [0.15, 0.2) is 22.7 Å². The number of carboxylic acid groups (broad SMARTS) is 1. The van der Waals surface area contributed by atoms with E-state index in [4.69, 9.17) is 5.11 Å². The van der Waals surface area contributed by atoms with Gasteiger partial charge in [-0.2, -0.15) is 0 Å². The Hall–Kier alpha value is -1.56. The second-order valence-electron chi connectivity index (χ2n) is 4.87. The van der Waals surface area contributed by atoms with Crippen LogP contribution in [0.3, 0.4) is 0 Å². The third-order valence-electron chi connectivity index (χ3n) is 3.29. The van der Waals surface area contributed by atoms with Crippen molar-refractivity contribution in [3.63, 3.8) is 0 Å². The predicted molar refractivity (Wildman–Crippen MR) is 80.2 cm³/mol. The van der Waals surface area contributed by atoms with Crippen molar-refractivity contribution in [3.8, 4) is 0 Å². The quantitative estimate of drug-likeness (QED) is 0.864. The second kappa shape index (κ2) is 6.74. The van der Waals surface area contributed by atoms with E-state index < -0.39 is 5.97 Å². The lowest BCUT2D eigenvalue weighted by molar-refractivity contribution is 0.0697. The van der Waals surface area contributed by atoms with Crippen molar-refractivity contribution in [2.75, 3.05) is 18.4 Å². The summed E-state index contributed by atoms with van der Waals surface area (Å²) in [6, 6.07) is 4.50. The molecule has 1 aliphatic heterocycles. The van der Waals surface area contributed by atoms with Gasteiger partial charge in [0.25, 0.3) is 0 Å². The van der Waals surface area contributed by atoms with Gasteiger partial charge in [-0.3, -0.25) is 0 Å². The highest BCUT2D eigenvalue weighted by Gasteiger charge is 2.16. The monoisotopic (exact) mass is 340 g/mol. The van der Waals surface area contributed by atoms with Crippen LogP contribution in [-0.2, 0) is 0 Å². The Morgan fingerprint density at radius 3 is 2.35 bits per heavy atom. The molecule has 0 spiro atoms. The fraction of sp³-hybridized carbons (Fsp3) is 0.429. The van der Waals surface area contributed by atoms with Crippen molar-refractivity contribution in [1.29, 1.82) is 0 Å². The number of hydrogen-bond acceptors (Lipinski definition) is 2. The first-order valence-electron chi connectivity index (χ1n) is 6.66. The summed E-state index contributed by atoms with van der Waals surface area (Å²) in [6.45, 7) is 1.51. The molecule has 1 aromatic carbocycles. The van der Waals surface area contributed by atoms with Crippen molar-refractivity contribution >= 4 is 33.6 Å². The summed E-state index contributed by atoms with van der Waals surface area (Å²) in [5.41, 5.74) is 0.636. The van der Waals surface area contributed by atoms with Crippen LogP contribution in [0.1, 0.15) is 36.0 Å². The molecule has 0 bridgehead atoms. The highest BCUT2D eigenvalue weighted by molar-refractivity contribution is 9.10. The summed E-state index contributed by atoms with van der Waals surface area (Å²) in [5.74, 6) is -1.02. The van der Waals surface area contributed by atoms with E-state index >= 15 is 0 Å². The number of amides is 2. The number of hydrogen-bond donors (Lipinski definition) is 2. The lowest BCUT2D eigenvalue weighted by Crippen LogP contribution is -2.35. The van der Waals surface area contributed by atoms with Crippen molar-refractivity contribution in [1.82, 2.24) is 4.90 Å². The van der Waals surface area contributed by atoms with E-state index in [1.807, 2.05) is 0 Å². The summed E-state index contributed by atoms with van der Waals surface area (Å²) < 4.78 is 0.628. The molecule has 0 aromatic heterocycles. The summed E-state index contributed by atoms with van der Waals surface area (Å²) in [6.07, 6.45) is 4.35. The zero-order valence-corrected chi connectivity index (χ0v) is 12.6. The fourth-order valence-electron chi connectivity index (χ4n) is 2.26. The van der Waals surface area contributed by atoms with Gasteiger partial charge in [-0.1, -0.05) is 28.8 Å². The average molecular weight is 341 g/mol. The number of urea groups is 1. The van der Waals surface area contributed by atoms with Crippen LogP contribution in [0, 0.1) is 0 Å². The van der Waals surface area contributed by atoms with Gasteiger partial charge in [-0.25, -0.2) is 9.59 Å². The van der Waals surface area contributed by atoms with E-state index in [0.717, 1.165) is 38.8 Å². The van der Waals surface area contributed by atoms with Crippen LogP contribution in [0.4, 0.5) is 10.5 Å². The van der Waals surface area contributed by atoms with Crippen LogP contribution in [0.5, 0.6) is 0 Å². The van der Waals surface area contributed by atoms with Crippen LogP contribution in [-0.4, -0.2) is 35.1 Å². The molecule has 1 saturated heterocycles. The molecule has 1 fully saturated rings. The minimum absolute atomic E-state index is 0.144. The molecule has 0 saturated carbocycles. The van der Waals surface area contributed by atoms with Gasteiger partial charge in [0, 0.05) is 23.2 Å². The number of anilines is 1. The normalized spacial score (nSPS) is 15.6. The topological polar surface area (TPSA) is 69.6 Å². The lowest BCUT2D eigenvalue weighted by Gasteiger charge is -2.21. The molecule has 1 aromatic rings. The maximum Gasteiger partial charge on any atom is 0.335 e. The molecular formula is C14H17BrN2O3. The summed E-state index contributed by atoms with van der Waals surface area (Å²) in [4.78, 5) is 24.9. The van der Waals surface area contributed by atoms with Gasteiger partial charge in [0.2, 0.25) is 0 Å². The van der Waals surface area contributed by atoms with Crippen molar-refractivity contribution in [2.24, 2.45) is 0 Å². The first-order chi connectivity index (χ1) is 9.56. The molecule has 5 nitrogen and oxygen atoms in total. The highest BCUT2D eigenvalue weighted by atomic mass is 79.9. The number of carbonyl (C=O) groups excluding carboxylic acids is 1. The molecule has 0 radical (unpaired) electrons. The first-order valence-corrected chi connectivity index (χ1v) is 7.45. The molecule has 2 rings (SSSR count). The lowest BCUT2D eigenvalue weighted by atomic mass is 10.2. The Kier molecular flexibility index (Phi) is 5.00. The molecule has 2 N–H and O–H groups in total. The fourth-order valence-corrected chi connectivity index (χ4v) is 2.75. The molecule has 0 unspecified atom stereocenters. The molecule has 0 aliphatic carbocycles. The molecular weight excluding hydrogens is 324 g/mol. The minimum atomic E-state index is -1.02. The number of aromatic carboxylic acids is 1. The Morgan fingerprint density at radius 1 is 1.10 bits per heavy atom. The van der Waals surface area contributed by atoms with E-state index in [9.17, 15) is 9.59 Å². The largest absolute Gasteiger partial charge is 0.478 e. The Labute approximate surface area is 126 Å². The predicted octanol–water partition coefficient (Wildman–Crippen LogP) is 3.56. The SMILES string of the molecule is O=C(O)c1cc(Br)cc(NC(=O)N2CCCCCC2)c1. The molecule has 2 amide bonds. The van der Waals surface area contributed by atoms with E-state index in [2.05, 4.69) is 21.2 Å². The van der Waals surface area contributed by atoms with E-state index in [1.54, 1.807) is 11.0 Å². The third-order valence-corrected chi connectivity index (χ3v) is 3.75. The number of carboxylic acids is 1. The first kappa shape index (κ1) is 14.8. The zero-order valence-electron chi connectivity index (χ0n) is 11.1. The van der Waals surface area contributed by atoms with Crippen LogP contribution in [0.2, 0.25) is 0 Å². The summed E-state index contributed by atoms with van der Waals surface area (Å²) >= 11 is 3.25. The molecule has 6 heteroatoms. The van der Waals surface area contributed by atoms with Gasteiger partial charge >= 0.3 is 12.0 Å². The minimum Gasteiger partial charge on any atom is -0.478 e. The molecule has 1 aliphatic rings. The highest BCUT2D eigenvalue weighted by Crippen LogP contribution is 2.20. The second-order valence-corrected chi connectivity index (χ2v) is 5.78. The van der Waals surface area contributed by atoms with Crippen LogP contribution in [0.25, 0.3) is 0 Å². The number of nitrogens with zero attached hydrogens (tertiary/aromatic N) is 1. The Morgan fingerprint density at radius 2 is 1.75 bits per heavy atom. The number of halogens is 1. The summed E-state index contributed by atoms with van der Waals surface area (Å²) in [7, 11) is 0. The van der Waals surface area contributed by atoms with Crippen molar-refractivity contribution in [2.45, 2.75) is 25.7 Å². The molecule has 0 atom stereocenters. The molecule has 20 heavy (non-hydrogen) atoms. The number of likely N-dealkylation sites (tertiary alicyclic amines) is 1. The average Bonchev–Trinajstić information content (AvgIpc) is 2.66. The maximum atomic E-state index is 12.2. The number of rotatable bonds is 2. The maximum absolute atomic E-state index is 12.2. The van der Waals surface area contributed by atoms with E-state index in [1.165, 1.54) is 12.1 Å². The zero-order chi connectivity index (χ0) is 14.5. The third kappa shape index (κ3) is 3.96. The summed E-state index contributed by atoms with van der Waals surface area (Å²) in [5, 5.41) is 11.8. The van der Waals surface area contributed by atoms with Gasteiger partial charge in [0.1, 0.15) is 0 Å². The van der Waals surface area contributed by atoms with Crippen molar-refractivity contribution < 1.29 is 14.7 Å². The van der Waals surface area contributed by atoms with Gasteiger partial charge in [-0.15, -0.1) is 0 Å². The van der Waals surface area contributed by atoms with Gasteiger partial charge in [0.05, 0.1) is 5.56 Å². The van der Waals surface area contributed by atoms with Gasteiger partial charge in [-0.05, 0) is 31.0 Å². The van der Waals surface area contributed by atoms with E-state index in [-0.39, 0.29) is 11.6 Å². The van der Waals surface area contributed by atoms with Gasteiger partial charge in [0.15, 0.2) is 0 Å². The van der Waals surface area contributed by atoms with Crippen molar-refractivity contribution in [3.05, 3.63) is 28.2 Å². The Bertz CT molecular complexity index is 511. The smallest absolute Gasteiger partial charge is 0.335 e. The van der Waals surface area contributed by atoms with Gasteiger partial charge < -0.3 is 15.3 Å². The molecule has 1 heterocycles. The number of benzene rings is 1. The van der Waals surface area contributed by atoms with E-state index in [0.29, 0.717) is 10.2 Å². The number of nitrogens with one attached hydrogen (secondary N) is 1.